The van der Waals surface area contributed by atoms with Crippen molar-refractivity contribution in [1.82, 2.24) is 10.1 Å². The van der Waals surface area contributed by atoms with Crippen molar-refractivity contribution in [1.29, 1.82) is 0 Å². The number of hydrogen-bond acceptors (Lipinski definition) is 6. The smallest absolute Gasteiger partial charge is 0.277 e. The Morgan fingerprint density at radius 2 is 2.04 bits per heavy atom. The zero-order chi connectivity index (χ0) is 16.1. The van der Waals surface area contributed by atoms with Gasteiger partial charge in [0.15, 0.2) is 11.5 Å². The molecule has 23 heavy (non-hydrogen) atoms. The molecule has 2 heterocycles. The highest BCUT2D eigenvalue weighted by atomic mass is 16.5. The Morgan fingerprint density at radius 1 is 1.30 bits per heavy atom. The SMILES string of the molecule is COc1ccc(NC(=O)c2cc(CN3CCOCC3)on2)cc1. The molecule has 0 bridgehead atoms. The molecule has 7 heteroatoms. The predicted octanol–water partition coefficient (Wildman–Crippen LogP) is 1.77. The van der Waals surface area contributed by atoms with Crippen molar-refractivity contribution in [2.75, 3.05) is 38.7 Å². The monoisotopic (exact) mass is 317 g/mol. The van der Waals surface area contributed by atoms with Gasteiger partial charge in [-0.05, 0) is 24.3 Å². The number of aromatic nitrogens is 1. The standard InChI is InChI=1S/C16H19N3O4/c1-21-13-4-2-12(3-5-13)17-16(20)15-10-14(23-18-15)11-19-6-8-22-9-7-19/h2-5,10H,6-9,11H2,1H3,(H,17,20). The maximum Gasteiger partial charge on any atom is 0.277 e. The van der Waals surface area contributed by atoms with Crippen molar-refractivity contribution < 1.29 is 18.8 Å². The predicted molar refractivity (Wildman–Crippen MR) is 83.5 cm³/mol. The van der Waals surface area contributed by atoms with E-state index in [1.165, 1.54) is 0 Å². The molecule has 1 N–H and O–H groups in total. The van der Waals surface area contributed by atoms with Crippen LogP contribution in [0.25, 0.3) is 0 Å². The quantitative estimate of drug-likeness (QED) is 0.905. The van der Waals surface area contributed by atoms with Crippen molar-refractivity contribution in [3.05, 3.63) is 41.8 Å². The second-order valence-corrected chi connectivity index (χ2v) is 5.25. The highest BCUT2D eigenvalue weighted by Crippen LogP contribution is 2.16. The second kappa shape index (κ2) is 7.26. The first-order chi connectivity index (χ1) is 11.2. The van der Waals surface area contributed by atoms with E-state index in [9.17, 15) is 4.79 Å². The number of ether oxygens (including phenoxy) is 2. The molecule has 1 fully saturated rings. The highest BCUT2D eigenvalue weighted by molar-refractivity contribution is 6.02. The highest BCUT2D eigenvalue weighted by Gasteiger charge is 2.16. The molecular formula is C16H19N3O4. The zero-order valence-corrected chi connectivity index (χ0v) is 12.9. The molecule has 0 aliphatic carbocycles. The maximum atomic E-state index is 12.2. The lowest BCUT2D eigenvalue weighted by Crippen LogP contribution is -2.35. The van der Waals surface area contributed by atoms with Crippen molar-refractivity contribution >= 4 is 11.6 Å². The molecule has 7 nitrogen and oxygen atoms in total. The molecule has 0 atom stereocenters. The molecular weight excluding hydrogens is 298 g/mol. The number of methoxy groups -OCH3 is 1. The fourth-order valence-electron chi connectivity index (χ4n) is 2.34. The molecule has 0 spiro atoms. The van der Waals surface area contributed by atoms with Crippen LogP contribution in [0.2, 0.25) is 0 Å². The number of nitrogens with one attached hydrogen (secondary N) is 1. The van der Waals surface area contributed by atoms with E-state index in [-0.39, 0.29) is 11.6 Å². The Morgan fingerprint density at radius 3 is 2.74 bits per heavy atom. The van der Waals surface area contributed by atoms with E-state index in [0.29, 0.717) is 18.0 Å². The minimum Gasteiger partial charge on any atom is -0.497 e. The summed E-state index contributed by atoms with van der Waals surface area (Å²) < 4.78 is 15.6. The zero-order valence-electron chi connectivity index (χ0n) is 12.9. The average molecular weight is 317 g/mol. The Balaban J connectivity index is 1.58. The van der Waals surface area contributed by atoms with Gasteiger partial charge in [-0.25, -0.2) is 0 Å². The van der Waals surface area contributed by atoms with Crippen LogP contribution >= 0.6 is 0 Å². The number of anilines is 1. The summed E-state index contributed by atoms with van der Waals surface area (Å²) in [4.78, 5) is 14.4. The molecule has 1 amide bonds. The molecule has 2 aromatic rings. The Hall–Kier alpha value is -2.38. The van der Waals surface area contributed by atoms with E-state index in [4.69, 9.17) is 14.0 Å². The molecule has 1 saturated heterocycles. The maximum absolute atomic E-state index is 12.2. The van der Waals surface area contributed by atoms with Crippen LogP contribution in [-0.2, 0) is 11.3 Å². The average Bonchev–Trinajstić information content (AvgIpc) is 3.05. The summed E-state index contributed by atoms with van der Waals surface area (Å²) in [5.41, 5.74) is 0.942. The van der Waals surface area contributed by atoms with Crippen LogP contribution < -0.4 is 10.1 Å². The van der Waals surface area contributed by atoms with Crippen LogP contribution in [0.5, 0.6) is 5.75 Å². The van der Waals surface area contributed by atoms with Gasteiger partial charge in [-0.15, -0.1) is 0 Å². The van der Waals surface area contributed by atoms with Gasteiger partial charge in [0, 0.05) is 24.8 Å². The van der Waals surface area contributed by atoms with Gasteiger partial charge in [0.1, 0.15) is 5.75 Å². The van der Waals surface area contributed by atoms with E-state index in [1.807, 2.05) is 0 Å². The molecule has 0 saturated carbocycles. The van der Waals surface area contributed by atoms with Crippen LogP contribution in [-0.4, -0.2) is 49.4 Å². The van der Waals surface area contributed by atoms with Crippen LogP contribution in [0, 0.1) is 0 Å². The van der Waals surface area contributed by atoms with E-state index in [1.54, 1.807) is 37.4 Å². The van der Waals surface area contributed by atoms with Gasteiger partial charge in [-0.3, -0.25) is 9.69 Å². The fourth-order valence-corrected chi connectivity index (χ4v) is 2.34. The van der Waals surface area contributed by atoms with E-state index < -0.39 is 0 Å². The minimum absolute atomic E-state index is 0.268. The summed E-state index contributed by atoms with van der Waals surface area (Å²) in [7, 11) is 1.60. The summed E-state index contributed by atoms with van der Waals surface area (Å²) in [6.07, 6.45) is 0. The summed E-state index contributed by atoms with van der Waals surface area (Å²) in [6.45, 7) is 3.78. The lowest BCUT2D eigenvalue weighted by Gasteiger charge is -2.25. The molecule has 1 aliphatic rings. The molecule has 1 aromatic heterocycles. The number of carbonyl (C=O) groups is 1. The van der Waals surface area contributed by atoms with Crippen LogP contribution in [0.1, 0.15) is 16.2 Å². The van der Waals surface area contributed by atoms with Gasteiger partial charge in [0.05, 0.1) is 26.9 Å². The summed E-state index contributed by atoms with van der Waals surface area (Å²) in [6, 6.07) is 8.77. The molecule has 3 rings (SSSR count). The first-order valence-electron chi connectivity index (χ1n) is 7.46. The van der Waals surface area contributed by atoms with Gasteiger partial charge >= 0.3 is 0 Å². The number of benzene rings is 1. The number of rotatable bonds is 5. The van der Waals surface area contributed by atoms with Crippen LogP contribution in [0.15, 0.2) is 34.9 Å². The van der Waals surface area contributed by atoms with Crippen molar-refractivity contribution in [2.45, 2.75) is 6.54 Å². The van der Waals surface area contributed by atoms with Crippen molar-refractivity contribution in [3.8, 4) is 5.75 Å². The molecule has 0 radical (unpaired) electrons. The third kappa shape index (κ3) is 4.08. The normalized spacial score (nSPS) is 15.3. The first-order valence-corrected chi connectivity index (χ1v) is 7.46. The van der Waals surface area contributed by atoms with Crippen molar-refractivity contribution in [2.24, 2.45) is 0 Å². The minimum atomic E-state index is -0.299. The van der Waals surface area contributed by atoms with E-state index >= 15 is 0 Å². The number of amides is 1. The number of morpholine rings is 1. The molecule has 1 aromatic carbocycles. The third-order valence-electron chi connectivity index (χ3n) is 3.62. The number of nitrogens with zero attached hydrogens (tertiary/aromatic N) is 2. The lowest BCUT2D eigenvalue weighted by molar-refractivity contribution is 0.0305. The molecule has 0 unspecified atom stereocenters. The first kappa shape index (κ1) is 15.5. The van der Waals surface area contributed by atoms with Gasteiger partial charge in [-0.1, -0.05) is 5.16 Å². The second-order valence-electron chi connectivity index (χ2n) is 5.25. The van der Waals surface area contributed by atoms with Crippen LogP contribution in [0.3, 0.4) is 0 Å². The van der Waals surface area contributed by atoms with E-state index in [0.717, 1.165) is 32.1 Å². The molecule has 122 valence electrons. The largest absolute Gasteiger partial charge is 0.497 e. The van der Waals surface area contributed by atoms with Gasteiger partial charge < -0.3 is 19.3 Å². The fraction of sp³-hybridized carbons (Fsp3) is 0.375. The number of hydrogen-bond donors (Lipinski definition) is 1. The lowest BCUT2D eigenvalue weighted by atomic mass is 10.2. The van der Waals surface area contributed by atoms with Gasteiger partial charge in [-0.2, -0.15) is 0 Å². The van der Waals surface area contributed by atoms with Crippen molar-refractivity contribution in [3.63, 3.8) is 0 Å². The topological polar surface area (TPSA) is 76.8 Å². The third-order valence-corrected chi connectivity index (χ3v) is 3.62. The Bertz CT molecular complexity index is 648. The van der Waals surface area contributed by atoms with Gasteiger partial charge in [0.2, 0.25) is 0 Å². The number of carbonyl (C=O) groups excluding carboxylic acids is 1. The summed E-state index contributed by atoms with van der Waals surface area (Å²) in [5, 5.41) is 6.62. The summed E-state index contributed by atoms with van der Waals surface area (Å²) >= 11 is 0. The van der Waals surface area contributed by atoms with E-state index in [2.05, 4.69) is 15.4 Å². The van der Waals surface area contributed by atoms with Gasteiger partial charge in [0.25, 0.3) is 5.91 Å². The van der Waals surface area contributed by atoms with Crippen LogP contribution in [0.4, 0.5) is 5.69 Å². The summed E-state index contributed by atoms with van der Waals surface area (Å²) in [5.74, 6) is 1.11. The Kier molecular flexibility index (Phi) is 4.89. The molecule has 1 aliphatic heterocycles. The Labute approximate surface area is 134 Å².